The number of carbonyl (C=O) groups excluding carboxylic acids is 1. The Kier molecular flexibility index (Phi) is 4.52. The third-order valence-corrected chi connectivity index (χ3v) is 3.33. The number of amides is 1. The van der Waals surface area contributed by atoms with Crippen molar-refractivity contribution in [1.82, 2.24) is 5.32 Å². The standard InChI is InChI=1S/C17H17NO5/c1-20-13-4-2-3-12(9-13)17(19)18-7-8-21-14-5-6-15-16(10-14)23-11-22-15/h2-6,9-10H,7-8,11H2,1H3,(H,18,19). The van der Waals surface area contributed by atoms with Crippen molar-refractivity contribution in [2.45, 2.75) is 0 Å². The van der Waals surface area contributed by atoms with Gasteiger partial charge in [0, 0.05) is 11.6 Å². The van der Waals surface area contributed by atoms with Gasteiger partial charge in [0.05, 0.1) is 13.7 Å². The number of methoxy groups -OCH3 is 1. The monoisotopic (exact) mass is 315 g/mol. The summed E-state index contributed by atoms with van der Waals surface area (Å²) in [7, 11) is 1.57. The number of hydrogen-bond acceptors (Lipinski definition) is 5. The van der Waals surface area contributed by atoms with E-state index >= 15 is 0 Å². The van der Waals surface area contributed by atoms with Gasteiger partial charge in [0.15, 0.2) is 11.5 Å². The van der Waals surface area contributed by atoms with Crippen LogP contribution >= 0.6 is 0 Å². The van der Waals surface area contributed by atoms with Gasteiger partial charge in [-0.25, -0.2) is 0 Å². The first-order valence-electron chi connectivity index (χ1n) is 7.21. The summed E-state index contributed by atoms with van der Waals surface area (Å²) in [5, 5.41) is 2.80. The summed E-state index contributed by atoms with van der Waals surface area (Å²) < 4.78 is 21.2. The van der Waals surface area contributed by atoms with Crippen LogP contribution in [0.3, 0.4) is 0 Å². The highest BCUT2D eigenvalue weighted by atomic mass is 16.7. The maximum absolute atomic E-state index is 12.0. The van der Waals surface area contributed by atoms with Crippen LogP contribution in [0.25, 0.3) is 0 Å². The third-order valence-electron chi connectivity index (χ3n) is 3.33. The summed E-state index contributed by atoms with van der Waals surface area (Å²) >= 11 is 0. The maximum atomic E-state index is 12.0. The molecule has 120 valence electrons. The smallest absolute Gasteiger partial charge is 0.251 e. The lowest BCUT2D eigenvalue weighted by atomic mass is 10.2. The summed E-state index contributed by atoms with van der Waals surface area (Å²) in [5.74, 6) is 2.53. The molecule has 3 rings (SSSR count). The van der Waals surface area contributed by atoms with E-state index in [-0.39, 0.29) is 12.7 Å². The molecule has 23 heavy (non-hydrogen) atoms. The zero-order valence-corrected chi connectivity index (χ0v) is 12.7. The maximum Gasteiger partial charge on any atom is 0.251 e. The second kappa shape index (κ2) is 6.91. The van der Waals surface area contributed by atoms with E-state index in [1.54, 1.807) is 49.6 Å². The van der Waals surface area contributed by atoms with Gasteiger partial charge in [0.2, 0.25) is 6.79 Å². The van der Waals surface area contributed by atoms with Crippen molar-refractivity contribution in [2.24, 2.45) is 0 Å². The Morgan fingerprint density at radius 2 is 2.00 bits per heavy atom. The first-order chi connectivity index (χ1) is 11.3. The number of fused-ring (bicyclic) bond motifs is 1. The molecule has 1 aliphatic rings. The molecule has 0 aromatic heterocycles. The SMILES string of the molecule is COc1cccc(C(=O)NCCOc2ccc3c(c2)OCO3)c1. The van der Waals surface area contributed by atoms with Crippen LogP contribution in [0.4, 0.5) is 0 Å². The molecule has 6 heteroatoms. The second-order valence-corrected chi connectivity index (χ2v) is 4.85. The van der Waals surface area contributed by atoms with E-state index in [1.807, 2.05) is 0 Å². The average Bonchev–Trinajstić information content (AvgIpc) is 3.06. The van der Waals surface area contributed by atoms with Crippen LogP contribution in [0, 0.1) is 0 Å². The van der Waals surface area contributed by atoms with Crippen molar-refractivity contribution in [1.29, 1.82) is 0 Å². The van der Waals surface area contributed by atoms with Gasteiger partial charge in [-0.2, -0.15) is 0 Å². The molecule has 1 heterocycles. The molecule has 0 spiro atoms. The van der Waals surface area contributed by atoms with Crippen LogP contribution < -0.4 is 24.3 Å². The number of hydrogen-bond donors (Lipinski definition) is 1. The van der Waals surface area contributed by atoms with Gasteiger partial charge in [-0.15, -0.1) is 0 Å². The lowest BCUT2D eigenvalue weighted by molar-refractivity contribution is 0.0946. The molecule has 0 radical (unpaired) electrons. The van der Waals surface area contributed by atoms with Crippen molar-refractivity contribution in [2.75, 3.05) is 27.1 Å². The molecule has 1 N–H and O–H groups in total. The minimum Gasteiger partial charge on any atom is -0.497 e. The molecular weight excluding hydrogens is 298 g/mol. The summed E-state index contributed by atoms with van der Waals surface area (Å²) in [6.07, 6.45) is 0. The van der Waals surface area contributed by atoms with E-state index in [4.69, 9.17) is 18.9 Å². The Labute approximate surface area is 133 Å². The molecule has 0 saturated carbocycles. The van der Waals surface area contributed by atoms with Gasteiger partial charge in [0.25, 0.3) is 5.91 Å². The normalized spacial score (nSPS) is 11.9. The summed E-state index contributed by atoms with van der Waals surface area (Å²) in [4.78, 5) is 12.0. The van der Waals surface area contributed by atoms with E-state index in [0.717, 1.165) is 0 Å². The fraction of sp³-hybridized carbons (Fsp3) is 0.235. The molecule has 6 nitrogen and oxygen atoms in total. The number of benzene rings is 2. The van der Waals surface area contributed by atoms with Crippen LogP contribution in [0.1, 0.15) is 10.4 Å². The van der Waals surface area contributed by atoms with Crippen molar-refractivity contribution in [3.8, 4) is 23.0 Å². The summed E-state index contributed by atoms with van der Waals surface area (Å²) in [5.41, 5.74) is 0.549. The van der Waals surface area contributed by atoms with E-state index < -0.39 is 0 Å². The van der Waals surface area contributed by atoms with Gasteiger partial charge >= 0.3 is 0 Å². The van der Waals surface area contributed by atoms with Crippen LogP contribution in [0.2, 0.25) is 0 Å². The highest BCUT2D eigenvalue weighted by molar-refractivity contribution is 5.94. The Hall–Kier alpha value is -2.89. The zero-order valence-electron chi connectivity index (χ0n) is 12.7. The molecule has 1 amide bonds. The molecule has 0 aliphatic carbocycles. The predicted molar refractivity (Wildman–Crippen MR) is 83.4 cm³/mol. The Morgan fingerprint density at radius 1 is 1.13 bits per heavy atom. The topological polar surface area (TPSA) is 66.0 Å². The van der Waals surface area contributed by atoms with Crippen LogP contribution in [-0.4, -0.2) is 33.0 Å². The molecule has 0 bridgehead atoms. The van der Waals surface area contributed by atoms with Crippen molar-refractivity contribution in [3.05, 3.63) is 48.0 Å². The highest BCUT2D eigenvalue weighted by Crippen LogP contribution is 2.34. The molecule has 2 aromatic rings. The van der Waals surface area contributed by atoms with Gasteiger partial charge in [-0.05, 0) is 30.3 Å². The Bertz CT molecular complexity index is 701. The molecule has 2 aromatic carbocycles. The number of rotatable bonds is 6. The second-order valence-electron chi connectivity index (χ2n) is 4.85. The Balaban J connectivity index is 1.47. The molecule has 0 fully saturated rings. The number of nitrogens with one attached hydrogen (secondary N) is 1. The number of carbonyl (C=O) groups is 1. The van der Waals surface area contributed by atoms with E-state index in [9.17, 15) is 4.79 Å². The predicted octanol–water partition coefficient (Wildman–Crippen LogP) is 2.23. The fourth-order valence-corrected chi connectivity index (χ4v) is 2.17. The van der Waals surface area contributed by atoms with E-state index in [0.29, 0.717) is 41.7 Å². The lowest BCUT2D eigenvalue weighted by Crippen LogP contribution is -2.28. The average molecular weight is 315 g/mol. The highest BCUT2D eigenvalue weighted by Gasteiger charge is 2.13. The molecule has 1 aliphatic heterocycles. The molecule has 0 saturated heterocycles. The molecule has 0 atom stereocenters. The van der Waals surface area contributed by atoms with Gasteiger partial charge in [0.1, 0.15) is 18.1 Å². The minimum atomic E-state index is -0.168. The van der Waals surface area contributed by atoms with Gasteiger partial charge in [-0.3, -0.25) is 4.79 Å². The van der Waals surface area contributed by atoms with Crippen LogP contribution in [0.5, 0.6) is 23.0 Å². The minimum absolute atomic E-state index is 0.168. The summed E-state index contributed by atoms with van der Waals surface area (Å²) in [6.45, 7) is 0.981. The third kappa shape index (κ3) is 3.66. The van der Waals surface area contributed by atoms with E-state index in [1.165, 1.54) is 0 Å². The van der Waals surface area contributed by atoms with Gasteiger partial charge < -0.3 is 24.3 Å². The van der Waals surface area contributed by atoms with Crippen molar-refractivity contribution >= 4 is 5.91 Å². The first kappa shape index (κ1) is 15.0. The van der Waals surface area contributed by atoms with Crippen molar-refractivity contribution in [3.63, 3.8) is 0 Å². The number of ether oxygens (including phenoxy) is 4. The van der Waals surface area contributed by atoms with Crippen LogP contribution in [0.15, 0.2) is 42.5 Å². The quantitative estimate of drug-likeness (QED) is 0.828. The largest absolute Gasteiger partial charge is 0.497 e. The fourth-order valence-electron chi connectivity index (χ4n) is 2.17. The van der Waals surface area contributed by atoms with Gasteiger partial charge in [-0.1, -0.05) is 6.07 Å². The molecule has 0 unspecified atom stereocenters. The van der Waals surface area contributed by atoms with Crippen LogP contribution in [-0.2, 0) is 0 Å². The lowest BCUT2D eigenvalue weighted by Gasteiger charge is -2.09. The van der Waals surface area contributed by atoms with Crippen molar-refractivity contribution < 1.29 is 23.7 Å². The van der Waals surface area contributed by atoms with E-state index in [2.05, 4.69) is 5.32 Å². The Morgan fingerprint density at radius 3 is 2.87 bits per heavy atom. The first-order valence-corrected chi connectivity index (χ1v) is 7.21. The summed E-state index contributed by atoms with van der Waals surface area (Å²) in [6, 6.07) is 12.4. The zero-order chi connectivity index (χ0) is 16.1. The molecular formula is C17H17NO5.